The summed E-state index contributed by atoms with van der Waals surface area (Å²) in [6, 6.07) is 10.0. The number of hydrogen-bond acceptors (Lipinski definition) is 2. The molecule has 94 valence electrons. The monoisotopic (exact) mass is 306 g/mol. The van der Waals surface area contributed by atoms with Crippen molar-refractivity contribution in [2.24, 2.45) is 0 Å². The smallest absolute Gasteiger partial charge is 0.109 e. The van der Waals surface area contributed by atoms with Gasteiger partial charge in [0.25, 0.3) is 0 Å². The van der Waals surface area contributed by atoms with E-state index in [-0.39, 0.29) is 0 Å². The van der Waals surface area contributed by atoms with Crippen molar-refractivity contribution in [2.75, 3.05) is 0 Å². The van der Waals surface area contributed by atoms with Gasteiger partial charge in [-0.25, -0.2) is 0 Å². The largest absolute Gasteiger partial charge is 0.469 e. The number of hydrogen-bond donors (Lipinski definition) is 1. The zero-order valence-electron chi connectivity index (χ0n) is 10.0. The lowest BCUT2D eigenvalue weighted by Gasteiger charge is -2.31. The Morgan fingerprint density at radius 2 is 2.00 bits per heavy atom. The molecule has 1 aromatic carbocycles. The maximum absolute atomic E-state index is 10.9. The van der Waals surface area contributed by atoms with E-state index in [0.29, 0.717) is 6.42 Å². The van der Waals surface area contributed by atoms with Gasteiger partial charge in [0.1, 0.15) is 5.76 Å². The van der Waals surface area contributed by atoms with Crippen molar-refractivity contribution in [3.8, 4) is 0 Å². The van der Waals surface area contributed by atoms with Crippen LogP contribution in [0.2, 0.25) is 0 Å². The van der Waals surface area contributed by atoms with E-state index in [0.717, 1.165) is 40.6 Å². The third-order valence-corrected chi connectivity index (χ3v) is 4.18. The van der Waals surface area contributed by atoms with E-state index < -0.39 is 5.60 Å². The average molecular weight is 307 g/mol. The Hall–Kier alpha value is -1.06. The third-order valence-electron chi connectivity index (χ3n) is 3.65. The maximum Gasteiger partial charge on any atom is 0.109 e. The molecule has 0 bridgehead atoms. The van der Waals surface area contributed by atoms with Crippen LogP contribution in [-0.4, -0.2) is 5.11 Å². The molecule has 18 heavy (non-hydrogen) atoms. The van der Waals surface area contributed by atoms with Crippen LogP contribution in [0.1, 0.15) is 29.7 Å². The summed E-state index contributed by atoms with van der Waals surface area (Å²) in [5.74, 6) is 0.945. The molecule has 1 aliphatic rings. The molecule has 1 atom stereocenters. The molecule has 1 heterocycles. The van der Waals surface area contributed by atoms with E-state index >= 15 is 0 Å². The molecule has 0 spiro atoms. The highest BCUT2D eigenvalue weighted by Crippen LogP contribution is 2.38. The summed E-state index contributed by atoms with van der Waals surface area (Å²) < 4.78 is 6.50. The zero-order valence-corrected chi connectivity index (χ0v) is 11.6. The van der Waals surface area contributed by atoms with E-state index in [1.54, 1.807) is 6.26 Å². The zero-order chi connectivity index (χ0) is 12.6. The van der Waals surface area contributed by atoms with Crippen LogP contribution in [0.25, 0.3) is 0 Å². The molecule has 0 saturated carbocycles. The minimum Gasteiger partial charge on any atom is -0.469 e. The molecule has 0 fully saturated rings. The third kappa shape index (κ3) is 2.13. The van der Waals surface area contributed by atoms with Gasteiger partial charge in [-0.1, -0.05) is 28.1 Å². The molecule has 3 rings (SSSR count). The second kappa shape index (κ2) is 4.56. The van der Waals surface area contributed by atoms with E-state index in [2.05, 4.69) is 28.1 Å². The lowest BCUT2D eigenvalue weighted by Crippen LogP contribution is -2.32. The Morgan fingerprint density at radius 3 is 2.78 bits per heavy atom. The first kappa shape index (κ1) is 12.0. The van der Waals surface area contributed by atoms with Crippen LogP contribution in [0.3, 0.4) is 0 Å². The summed E-state index contributed by atoms with van der Waals surface area (Å²) in [5, 5.41) is 10.9. The standard InChI is InChI=1S/C15H15BrO2/c16-12-5-3-11(4-6-12)10-15(17)8-1-2-14-13(15)7-9-18-14/h3-7,9,17H,1-2,8,10H2. The molecule has 1 aromatic heterocycles. The average Bonchev–Trinajstić information content (AvgIpc) is 2.82. The Kier molecular flexibility index (Phi) is 3.04. The number of benzene rings is 1. The molecule has 0 amide bonds. The molecule has 2 nitrogen and oxygen atoms in total. The van der Waals surface area contributed by atoms with Gasteiger partial charge in [-0.2, -0.15) is 0 Å². The van der Waals surface area contributed by atoms with Crippen molar-refractivity contribution >= 4 is 15.9 Å². The van der Waals surface area contributed by atoms with Gasteiger partial charge in [0.15, 0.2) is 0 Å². The summed E-state index contributed by atoms with van der Waals surface area (Å²) in [7, 11) is 0. The topological polar surface area (TPSA) is 33.4 Å². The van der Waals surface area contributed by atoms with Crippen molar-refractivity contribution in [1.29, 1.82) is 0 Å². The van der Waals surface area contributed by atoms with Crippen LogP contribution in [0.15, 0.2) is 45.5 Å². The molecule has 1 unspecified atom stereocenters. The van der Waals surface area contributed by atoms with Crippen molar-refractivity contribution in [3.63, 3.8) is 0 Å². The van der Waals surface area contributed by atoms with Crippen LogP contribution < -0.4 is 0 Å². The van der Waals surface area contributed by atoms with Crippen molar-refractivity contribution < 1.29 is 9.52 Å². The molecule has 1 aliphatic carbocycles. The van der Waals surface area contributed by atoms with E-state index in [1.165, 1.54) is 0 Å². The van der Waals surface area contributed by atoms with Crippen LogP contribution in [0, 0.1) is 0 Å². The quantitative estimate of drug-likeness (QED) is 0.915. The van der Waals surface area contributed by atoms with Gasteiger partial charge in [0.2, 0.25) is 0 Å². The van der Waals surface area contributed by atoms with Crippen LogP contribution >= 0.6 is 15.9 Å². The fraction of sp³-hybridized carbons (Fsp3) is 0.333. The second-order valence-corrected chi connectivity index (χ2v) is 5.86. The summed E-state index contributed by atoms with van der Waals surface area (Å²) in [5.41, 5.74) is 1.35. The maximum atomic E-state index is 10.9. The number of furan rings is 1. The first-order valence-electron chi connectivity index (χ1n) is 6.21. The van der Waals surface area contributed by atoms with E-state index in [1.807, 2.05) is 18.2 Å². The summed E-state index contributed by atoms with van der Waals surface area (Å²) >= 11 is 3.43. The fourth-order valence-electron chi connectivity index (χ4n) is 2.75. The molecule has 1 N–H and O–H groups in total. The summed E-state index contributed by atoms with van der Waals surface area (Å²) in [6.45, 7) is 0. The Bertz CT molecular complexity index is 544. The van der Waals surface area contributed by atoms with Crippen LogP contribution in [-0.2, 0) is 18.4 Å². The van der Waals surface area contributed by atoms with Gasteiger partial charge in [-0.05, 0) is 36.6 Å². The highest BCUT2D eigenvalue weighted by molar-refractivity contribution is 9.10. The first-order chi connectivity index (χ1) is 8.67. The molecular formula is C15H15BrO2. The van der Waals surface area contributed by atoms with Gasteiger partial charge < -0.3 is 9.52 Å². The van der Waals surface area contributed by atoms with Crippen molar-refractivity contribution in [1.82, 2.24) is 0 Å². The molecule has 2 aromatic rings. The second-order valence-electron chi connectivity index (χ2n) is 4.95. The van der Waals surface area contributed by atoms with Gasteiger partial charge in [0, 0.05) is 22.9 Å². The number of fused-ring (bicyclic) bond motifs is 1. The number of rotatable bonds is 2. The highest BCUT2D eigenvalue weighted by Gasteiger charge is 2.36. The Morgan fingerprint density at radius 1 is 1.22 bits per heavy atom. The normalized spacial score (nSPS) is 22.8. The summed E-state index contributed by atoms with van der Waals surface area (Å²) in [6.07, 6.45) is 5.05. The molecule has 0 saturated heterocycles. The highest BCUT2D eigenvalue weighted by atomic mass is 79.9. The SMILES string of the molecule is OC1(Cc2ccc(Br)cc2)CCCc2occc21. The van der Waals surface area contributed by atoms with E-state index in [9.17, 15) is 5.11 Å². The molecule has 0 radical (unpaired) electrons. The number of halogens is 1. The van der Waals surface area contributed by atoms with Gasteiger partial charge in [0.05, 0.1) is 11.9 Å². The first-order valence-corrected chi connectivity index (χ1v) is 7.00. The predicted molar refractivity (Wildman–Crippen MR) is 73.4 cm³/mol. The Labute approximate surface area is 115 Å². The minimum atomic E-state index is -0.769. The minimum absolute atomic E-state index is 0.646. The molecule has 3 heteroatoms. The Balaban J connectivity index is 1.91. The van der Waals surface area contributed by atoms with Crippen molar-refractivity contribution in [3.05, 3.63) is 58.0 Å². The molecule has 0 aliphatic heterocycles. The van der Waals surface area contributed by atoms with Crippen LogP contribution in [0.5, 0.6) is 0 Å². The predicted octanol–water partition coefficient (Wildman–Crippen LogP) is 3.81. The van der Waals surface area contributed by atoms with Gasteiger partial charge in [-0.3, -0.25) is 0 Å². The lowest BCUT2D eigenvalue weighted by atomic mass is 9.79. The van der Waals surface area contributed by atoms with Gasteiger partial charge >= 0.3 is 0 Å². The molecular weight excluding hydrogens is 292 g/mol. The van der Waals surface area contributed by atoms with Crippen LogP contribution in [0.4, 0.5) is 0 Å². The summed E-state index contributed by atoms with van der Waals surface area (Å²) in [4.78, 5) is 0. The fourth-order valence-corrected chi connectivity index (χ4v) is 3.01. The van der Waals surface area contributed by atoms with Gasteiger partial charge in [-0.15, -0.1) is 0 Å². The van der Waals surface area contributed by atoms with Crippen molar-refractivity contribution in [2.45, 2.75) is 31.3 Å². The van der Waals surface area contributed by atoms with E-state index in [4.69, 9.17) is 4.42 Å². The lowest BCUT2D eigenvalue weighted by molar-refractivity contribution is 0.0168. The number of aliphatic hydroxyl groups is 1. The number of aryl methyl sites for hydroxylation is 1.